The second kappa shape index (κ2) is 15.2. The van der Waals surface area contributed by atoms with Gasteiger partial charge in [0.2, 0.25) is 23.6 Å². The number of carbonyl (C=O) groups excluding carboxylic acids is 4. The van der Waals surface area contributed by atoms with Crippen molar-refractivity contribution in [1.29, 1.82) is 0 Å². The maximum atomic E-state index is 15.3. The fourth-order valence-corrected chi connectivity index (χ4v) is 17.5. The molecular formula is C56H69F3N2O8. The average molecular weight is 955 g/mol. The Morgan fingerprint density at radius 2 is 0.870 bits per heavy atom. The quantitative estimate of drug-likeness (QED) is 0.280. The number of rotatable bonds is 3. The molecule has 4 saturated heterocycles. The van der Waals surface area contributed by atoms with E-state index in [1.165, 1.54) is 34.9 Å². The lowest BCUT2D eigenvalue weighted by Crippen LogP contribution is -2.59. The number of ether oxygens (including phenoxy) is 4. The van der Waals surface area contributed by atoms with Crippen molar-refractivity contribution in [2.75, 3.05) is 11.9 Å². The molecule has 0 bridgehead atoms. The number of benzene rings is 2. The normalized spacial score (nSPS) is 43.6. The summed E-state index contributed by atoms with van der Waals surface area (Å²) in [4.78, 5) is 57.6. The highest BCUT2D eigenvalue weighted by Crippen LogP contribution is 2.75. The van der Waals surface area contributed by atoms with Crippen molar-refractivity contribution >= 4 is 29.3 Å². The van der Waals surface area contributed by atoms with Gasteiger partial charge in [0.25, 0.3) is 0 Å². The molecule has 0 radical (unpaired) electrons. The van der Waals surface area contributed by atoms with Gasteiger partial charge in [-0.2, -0.15) is 13.2 Å². The number of fused-ring (bicyclic) bond motifs is 10. The van der Waals surface area contributed by atoms with E-state index in [2.05, 4.69) is 27.7 Å². The van der Waals surface area contributed by atoms with Crippen LogP contribution in [0.3, 0.4) is 0 Å². The standard InChI is InChI=1S/C56H69F3N2O8/c1-26-10-12-29(14-28(26)3)54(8,56(57,58)59)30-13-11-27(2)39(15-30)61-50(64)33-18-42-43(19-34(33)51(61)65)69-47-23-38-36(21-45(47)67-42)53(6,7)25-55(38)24-52(4,5)35-20-44-46(22-37(35)55)68-41-17-32-31(16-40(41)66-44)48(62)60(9)49(32)63/h10-15,31-38,40-47H,16-25H2,1-9H3. The van der Waals surface area contributed by atoms with Crippen LogP contribution in [0.25, 0.3) is 0 Å². The first-order valence-electron chi connectivity index (χ1n) is 26.0. The van der Waals surface area contributed by atoms with E-state index in [1.807, 2.05) is 6.92 Å². The molecule has 0 aromatic heterocycles. The molecule has 4 heterocycles. The van der Waals surface area contributed by atoms with E-state index in [9.17, 15) is 19.2 Å². The molecule has 4 aliphatic heterocycles. The molecule has 4 amide bonds. The summed E-state index contributed by atoms with van der Waals surface area (Å²) >= 11 is 0. The van der Waals surface area contributed by atoms with Crippen molar-refractivity contribution in [3.05, 3.63) is 64.2 Å². The molecule has 18 unspecified atom stereocenters. The van der Waals surface area contributed by atoms with Crippen LogP contribution in [0.2, 0.25) is 0 Å². The fourth-order valence-electron chi connectivity index (χ4n) is 17.5. The smallest absolute Gasteiger partial charge is 0.370 e. The second-order valence-corrected chi connectivity index (χ2v) is 25.3. The average Bonchev–Trinajstić information content (AvgIpc) is 3.84. The number of carbonyl (C=O) groups is 4. The summed E-state index contributed by atoms with van der Waals surface area (Å²) in [5.74, 6) is -1.23. The molecule has 18 atom stereocenters. The summed E-state index contributed by atoms with van der Waals surface area (Å²) < 4.78 is 74.1. The highest BCUT2D eigenvalue weighted by Gasteiger charge is 2.71. The van der Waals surface area contributed by atoms with Crippen molar-refractivity contribution < 1.29 is 51.3 Å². The summed E-state index contributed by atoms with van der Waals surface area (Å²) in [5.41, 5.74) is 0.260. The minimum Gasteiger partial charge on any atom is -0.370 e. The maximum absolute atomic E-state index is 15.3. The number of hydrogen-bond donors (Lipinski definition) is 0. The summed E-state index contributed by atoms with van der Waals surface area (Å²) in [5, 5.41) is 0. The van der Waals surface area contributed by atoms with Crippen molar-refractivity contribution in [1.82, 2.24) is 4.90 Å². The van der Waals surface area contributed by atoms with E-state index in [4.69, 9.17) is 18.9 Å². The Balaban J connectivity index is 0.782. The lowest BCUT2D eigenvalue weighted by molar-refractivity contribution is -0.266. The minimum atomic E-state index is -4.67. The largest absolute Gasteiger partial charge is 0.402 e. The molecule has 13 heteroatoms. The number of aryl methyl sites for hydroxylation is 3. The van der Waals surface area contributed by atoms with E-state index in [0.717, 1.165) is 49.7 Å². The first-order chi connectivity index (χ1) is 32.4. The lowest BCUT2D eigenvalue weighted by Gasteiger charge is -2.54. The minimum absolute atomic E-state index is 0.0286. The van der Waals surface area contributed by atoms with Crippen LogP contribution < -0.4 is 4.90 Å². The van der Waals surface area contributed by atoms with Gasteiger partial charge in [-0.15, -0.1) is 0 Å². The van der Waals surface area contributed by atoms with Crippen LogP contribution in [0, 0.1) is 84.4 Å². The molecule has 10 nitrogen and oxygen atoms in total. The number of amides is 4. The predicted octanol–water partition coefficient (Wildman–Crippen LogP) is 9.35. The highest BCUT2D eigenvalue weighted by atomic mass is 19.4. The van der Waals surface area contributed by atoms with Crippen LogP contribution in [0.15, 0.2) is 36.4 Å². The number of imide groups is 2. The van der Waals surface area contributed by atoms with Crippen LogP contribution in [-0.2, 0) is 43.5 Å². The molecule has 6 saturated carbocycles. The van der Waals surface area contributed by atoms with Crippen LogP contribution in [-0.4, -0.2) is 90.6 Å². The van der Waals surface area contributed by atoms with E-state index in [-0.39, 0.29) is 117 Å². The van der Waals surface area contributed by atoms with Gasteiger partial charge >= 0.3 is 6.18 Å². The number of alkyl halides is 3. The zero-order valence-electron chi connectivity index (χ0n) is 41.6. The van der Waals surface area contributed by atoms with Gasteiger partial charge in [0, 0.05) is 7.05 Å². The molecule has 2 aromatic rings. The summed E-state index contributed by atoms with van der Waals surface area (Å²) in [7, 11) is 1.60. The molecule has 0 N–H and O–H groups in total. The summed E-state index contributed by atoms with van der Waals surface area (Å²) in [6, 6.07) is 9.28. The first kappa shape index (κ1) is 46.4. The van der Waals surface area contributed by atoms with Gasteiger partial charge in [-0.1, -0.05) is 58.0 Å². The number of nitrogens with zero attached hydrogens (tertiary/aromatic N) is 2. The molecule has 69 heavy (non-hydrogen) atoms. The first-order valence-corrected chi connectivity index (χ1v) is 26.0. The third kappa shape index (κ3) is 6.56. The Morgan fingerprint density at radius 1 is 0.507 bits per heavy atom. The molecule has 6 aliphatic carbocycles. The number of likely N-dealkylation sites (tertiary alicyclic amines) is 1. The SMILES string of the molecule is Cc1ccc(C(C)(c2ccc(C)c(N3C(=O)C4CC5OC6CC7C(CC6OC5CC4C3=O)C3(CC(C)(C)C4CC5OC6CC8C(=O)N(C)C(=O)C8CC6OC5CC43)CC7(C)C)c2)C(F)(F)F)cc1C. The third-order valence-electron chi connectivity index (χ3n) is 21.0. The summed E-state index contributed by atoms with van der Waals surface area (Å²) in [6.07, 6.45) is 1.32. The fraction of sp³-hybridized carbons (Fsp3) is 0.714. The van der Waals surface area contributed by atoms with E-state index in [1.54, 1.807) is 39.1 Å². The van der Waals surface area contributed by atoms with Crippen LogP contribution in [0.5, 0.6) is 0 Å². The van der Waals surface area contributed by atoms with Crippen LogP contribution >= 0.6 is 0 Å². The van der Waals surface area contributed by atoms with Gasteiger partial charge in [0.15, 0.2) is 0 Å². The molecule has 1 spiro atoms. The van der Waals surface area contributed by atoms with Crippen LogP contribution in [0.4, 0.5) is 18.9 Å². The van der Waals surface area contributed by atoms with E-state index >= 15 is 13.2 Å². The van der Waals surface area contributed by atoms with Crippen LogP contribution in [0.1, 0.15) is 127 Å². The number of hydrogen-bond acceptors (Lipinski definition) is 8. The van der Waals surface area contributed by atoms with E-state index < -0.39 is 23.4 Å². The molecule has 10 fully saturated rings. The van der Waals surface area contributed by atoms with Crippen molar-refractivity contribution in [2.24, 2.45) is 63.6 Å². The third-order valence-corrected chi connectivity index (χ3v) is 21.0. The van der Waals surface area contributed by atoms with Gasteiger partial charge in [-0.05, 0) is 166 Å². The van der Waals surface area contributed by atoms with Gasteiger partial charge in [-0.3, -0.25) is 24.1 Å². The molecule has 12 rings (SSSR count). The topological polar surface area (TPSA) is 112 Å². The van der Waals surface area contributed by atoms with Gasteiger partial charge < -0.3 is 18.9 Å². The Bertz CT molecular complexity index is 2540. The predicted molar refractivity (Wildman–Crippen MR) is 249 cm³/mol. The Hall–Kier alpha value is -3.65. The van der Waals surface area contributed by atoms with Gasteiger partial charge in [0.1, 0.15) is 5.41 Å². The van der Waals surface area contributed by atoms with Crippen molar-refractivity contribution in [2.45, 2.75) is 180 Å². The maximum Gasteiger partial charge on any atom is 0.402 e. The number of anilines is 1. The van der Waals surface area contributed by atoms with Crippen molar-refractivity contribution in [3.63, 3.8) is 0 Å². The molecule has 2 aromatic carbocycles. The molecular weight excluding hydrogens is 886 g/mol. The molecule has 10 aliphatic rings. The zero-order valence-corrected chi connectivity index (χ0v) is 41.6. The van der Waals surface area contributed by atoms with Gasteiger partial charge in [0.05, 0.1) is 78.2 Å². The Kier molecular flexibility index (Phi) is 10.2. The Labute approximate surface area is 404 Å². The zero-order chi connectivity index (χ0) is 48.8. The Morgan fingerprint density at radius 3 is 1.28 bits per heavy atom. The lowest BCUT2D eigenvalue weighted by atomic mass is 9.59. The molecule has 372 valence electrons. The van der Waals surface area contributed by atoms with Crippen molar-refractivity contribution in [3.8, 4) is 0 Å². The monoisotopic (exact) mass is 955 g/mol. The highest BCUT2D eigenvalue weighted by molar-refractivity contribution is 6.22. The number of halogens is 3. The second-order valence-electron chi connectivity index (χ2n) is 25.3. The summed E-state index contributed by atoms with van der Waals surface area (Å²) in [6.45, 7) is 16.4. The van der Waals surface area contributed by atoms with Gasteiger partial charge in [-0.25, -0.2) is 4.90 Å². The van der Waals surface area contributed by atoms with E-state index in [0.29, 0.717) is 54.9 Å².